The average molecular weight is 261 g/mol. The number of nitrogens with one attached hydrogen (secondary N) is 1. The monoisotopic (exact) mass is 261 g/mol. The summed E-state index contributed by atoms with van der Waals surface area (Å²) in [6.07, 6.45) is 1.09. The summed E-state index contributed by atoms with van der Waals surface area (Å²) in [5.74, 6) is 0.282. The van der Waals surface area contributed by atoms with E-state index in [9.17, 15) is 4.39 Å². The van der Waals surface area contributed by atoms with Crippen LogP contribution in [-0.4, -0.2) is 31.1 Å². The molecule has 0 amide bonds. The van der Waals surface area contributed by atoms with E-state index < -0.39 is 0 Å². The molecular formula is C15H20FN3. The number of benzene rings is 1. The van der Waals surface area contributed by atoms with E-state index in [-0.39, 0.29) is 5.82 Å². The molecule has 19 heavy (non-hydrogen) atoms. The number of piperidine rings is 1. The lowest BCUT2D eigenvalue weighted by Crippen LogP contribution is -2.46. The number of hydrogen-bond acceptors (Lipinski definition) is 3. The van der Waals surface area contributed by atoms with Crippen molar-refractivity contribution in [1.29, 1.82) is 5.26 Å². The number of likely N-dealkylation sites (tertiary alicyclic amines) is 1. The Labute approximate surface area is 114 Å². The highest BCUT2D eigenvalue weighted by Crippen LogP contribution is 2.17. The molecule has 1 aliphatic heterocycles. The Balaban J connectivity index is 1.99. The summed E-state index contributed by atoms with van der Waals surface area (Å²) in [4.78, 5) is 2.33. The van der Waals surface area contributed by atoms with Gasteiger partial charge in [0.15, 0.2) is 0 Å². The Morgan fingerprint density at radius 1 is 1.53 bits per heavy atom. The van der Waals surface area contributed by atoms with Crippen molar-refractivity contribution in [3.8, 4) is 6.07 Å². The smallest absolute Gasteiger partial charge is 0.123 e. The minimum Gasteiger partial charge on any atom is -0.310 e. The second kappa shape index (κ2) is 6.14. The largest absolute Gasteiger partial charge is 0.310 e. The third-order valence-electron chi connectivity index (χ3n) is 3.85. The molecule has 3 nitrogen and oxygen atoms in total. The molecule has 0 aliphatic carbocycles. The molecule has 0 radical (unpaired) electrons. The van der Waals surface area contributed by atoms with Crippen LogP contribution in [0.25, 0.3) is 0 Å². The van der Waals surface area contributed by atoms with Crippen LogP contribution in [0, 0.1) is 23.1 Å². The van der Waals surface area contributed by atoms with E-state index in [1.807, 2.05) is 0 Å². The molecule has 1 aliphatic rings. The lowest BCUT2D eigenvalue weighted by Gasteiger charge is -2.35. The average Bonchev–Trinajstić information content (AvgIpc) is 2.38. The maximum absolute atomic E-state index is 13.2. The third kappa shape index (κ3) is 3.52. The molecule has 1 aromatic rings. The van der Waals surface area contributed by atoms with Crippen molar-refractivity contribution in [3.05, 3.63) is 35.1 Å². The van der Waals surface area contributed by atoms with Crippen LogP contribution in [0.15, 0.2) is 18.2 Å². The predicted octanol–water partition coefficient (Wildman–Crippen LogP) is 2.13. The molecule has 0 bridgehead atoms. The molecule has 2 unspecified atom stereocenters. The first-order valence-corrected chi connectivity index (χ1v) is 6.70. The molecule has 1 aromatic carbocycles. The van der Waals surface area contributed by atoms with E-state index in [2.05, 4.69) is 30.3 Å². The van der Waals surface area contributed by atoms with Crippen molar-refractivity contribution in [2.45, 2.75) is 25.9 Å². The number of nitrogens with zero attached hydrogens (tertiary/aromatic N) is 2. The minimum atomic E-state index is -0.285. The quantitative estimate of drug-likeness (QED) is 0.906. The molecule has 1 saturated heterocycles. The molecule has 4 heteroatoms. The number of halogens is 1. The van der Waals surface area contributed by atoms with Gasteiger partial charge in [-0.2, -0.15) is 5.26 Å². The first-order valence-electron chi connectivity index (χ1n) is 6.70. The van der Waals surface area contributed by atoms with Gasteiger partial charge in [-0.25, -0.2) is 4.39 Å². The van der Waals surface area contributed by atoms with Crippen molar-refractivity contribution in [2.75, 3.05) is 20.1 Å². The van der Waals surface area contributed by atoms with Gasteiger partial charge in [-0.05, 0) is 49.7 Å². The van der Waals surface area contributed by atoms with Crippen LogP contribution in [0.2, 0.25) is 0 Å². The minimum absolute atomic E-state index is 0.285. The number of nitriles is 1. The van der Waals surface area contributed by atoms with E-state index in [0.717, 1.165) is 25.1 Å². The zero-order chi connectivity index (χ0) is 13.8. The summed E-state index contributed by atoms with van der Waals surface area (Å²) in [6.45, 7) is 4.94. The van der Waals surface area contributed by atoms with Crippen LogP contribution in [0.1, 0.15) is 24.5 Å². The molecule has 1 heterocycles. The predicted molar refractivity (Wildman–Crippen MR) is 73.0 cm³/mol. The lowest BCUT2D eigenvalue weighted by molar-refractivity contribution is 0.174. The Morgan fingerprint density at radius 3 is 3.00 bits per heavy atom. The van der Waals surface area contributed by atoms with E-state index in [1.54, 1.807) is 6.07 Å². The molecule has 1 N–H and O–H groups in total. The van der Waals surface area contributed by atoms with E-state index >= 15 is 0 Å². The van der Waals surface area contributed by atoms with E-state index in [1.165, 1.54) is 12.1 Å². The third-order valence-corrected chi connectivity index (χ3v) is 3.85. The van der Waals surface area contributed by atoms with Gasteiger partial charge in [-0.1, -0.05) is 6.92 Å². The Morgan fingerprint density at radius 2 is 2.32 bits per heavy atom. The van der Waals surface area contributed by atoms with Crippen molar-refractivity contribution < 1.29 is 4.39 Å². The van der Waals surface area contributed by atoms with Crippen LogP contribution in [0.5, 0.6) is 0 Å². The molecule has 0 saturated carbocycles. The van der Waals surface area contributed by atoms with Gasteiger partial charge in [0.25, 0.3) is 0 Å². The van der Waals surface area contributed by atoms with Crippen LogP contribution in [0.3, 0.4) is 0 Å². The fraction of sp³-hybridized carbons (Fsp3) is 0.533. The maximum Gasteiger partial charge on any atom is 0.123 e. The molecule has 2 rings (SSSR count). The molecule has 102 valence electrons. The van der Waals surface area contributed by atoms with Gasteiger partial charge < -0.3 is 10.2 Å². The van der Waals surface area contributed by atoms with Crippen LogP contribution in [0.4, 0.5) is 4.39 Å². The summed E-state index contributed by atoms with van der Waals surface area (Å²) in [5.41, 5.74) is 1.29. The standard InChI is InChI=1S/C15H20FN3/c1-11-10-19(2)6-5-15(11)18-9-13-7-14(16)4-3-12(13)8-17/h3-4,7,11,15,18H,5-6,9-10H2,1-2H3. The lowest BCUT2D eigenvalue weighted by atomic mass is 9.94. The van der Waals surface area contributed by atoms with Crippen molar-refractivity contribution in [2.24, 2.45) is 5.92 Å². The maximum atomic E-state index is 13.2. The highest BCUT2D eigenvalue weighted by atomic mass is 19.1. The topological polar surface area (TPSA) is 39.1 Å². The summed E-state index contributed by atoms with van der Waals surface area (Å²) in [6, 6.07) is 6.88. The zero-order valence-corrected chi connectivity index (χ0v) is 11.5. The molecule has 0 aromatic heterocycles. The molecular weight excluding hydrogens is 241 g/mol. The van der Waals surface area contributed by atoms with Gasteiger partial charge in [0.1, 0.15) is 5.82 Å². The van der Waals surface area contributed by atoms with Gasteiger partial charge in [-0.15, -0.1) is 0 Å². The second-order valence-electron chi connectivity index (χ2n) is 5.43. The first kappa shape index (κ1) is 14.0. The highest BCUT2D eigenvalue weighted by molar-refractivity contribution is 5.37. The molecule has 0 spiro atoms. The van der Waals surface area contributed by atoms with Crippen molar-refractivity contribution in [1.82, 2.24) is 10.2 Å². The van der Waals surface area contributed by atoms with Gasteiger partial charge in [0.2, 0.25) is 0 Å². The number of rotatable bonds is 3. The number of hydrogen-bond donors (Lipinski definition) is 1. The second-order valence-corrected chi connectivity index (χ2v) is 5.43. The highest BCUT2D eigenvalue weighted by Gasteiger charge is 2.23. The summed E-state index contributed by atoms with van der Waals surface area (Å²) in [5, 5.41) is 12.5. The van der Waals surface area contributed by atoms with Crippen molar-refractivity contribution >= 4 is 0 Å². The Bertz CT molecular complexity index is 481. The zero-order valence-electron chi connectivity index (χ0n) is 11.5. The van der Waals surface area contributed by atoms with Crippen LogP contribution >= 0.6 is 0 Å². The SMILES string of the molecule is CC1CN(C)CCC1NCc1cc(F)ccc1C#N. The van der Waals surface area contributed by atoms with Gasteiger partial charge in [0, 0.05) is 19.1 Å². The normalized spacial score (nSPS) is 24.1. The van der Waals surface area contributed by atoms with Crippen LogP contribution in [-0.2, 0) is 6.54 Å². The Hall–Kier alpha value is -1.44. The summed E-state index contributed by atoms with van der Waals surface area (Å²) < 4.78 is 13.2. The fourth-order valence-corrected chi connectivity index (χ4v) is 2.72. The van der Waals surface area contributed by atoms with Crippen molar-refractivity contribution in [3.63, 3.8) is 0 Å². The summed E-state index contributed by atoms with van der Waals surface area (Å²) >= 11 is 0. The van der Waals surface area contributed by atoms with Gasteiger partial charge >= 0.3 is 0 Å². The first-order chi connectivity index (χ1) is 9.10. The van der Waals surface area contributed by atoms with E-state index in [0.29, 0.717) is 24.1 Å². The van der Waals surface area contributed by atoms with Crippen LogP contribution < -0.4 is 5.32 Å². The fourth-order valence-electron chi connectivity index (χ4n) is 2.72. The Kier molecular flexibility index (Phi) is 4.52. The molecule has 1 fully saturated rings. The van der Waals surface area contributed by atoms with Gasteiger partial charge in [-0.3, -0.25) is 0 Å². The van der Waals surface area contributed by atoms with Gasteiger partial charge in [0.05, 0.1) is 11.6 Å². The molecule has 2 atom stereocenters. The van der Waals surface area contributed by atoms with E-state index in [4.69, 9.17) is 5.26 Å². The summed E-state index contributed by atoms with van der Waals surface area (Å²) in [7, 11) is 2.13.